The minimum Gasteiger partial charge on any atom is -0.484 e. The van der Waals surface area contributed by atoms with Crippen molar-refractivity contribution in [3.05, 3.63) is 77.4 Å². The van der Waals surface area contributed by atoms with Gasteiger partial charge in [0.05, 0.1) is 0 Å². The summed E-state index contributed by atoms with van der Waals surface area (Å²) in [6, 6.07) is 20.1. The molecule has 0 bridgehead atoms. The summed E-state index contributed by atoms with van der Waals surface area (Å²) >= 11 is 0. The van der Waals surface area contributed by atoms with E-state index in [0.717, 1.165) is 22.3 Å². The van der Waals surface area contributed by atoms with Crippen LogP contribution in [0.2, 0.25) is 0 Å². The van der Waals surface area contributed by atoms with E-state index in [1.165, 1.54) is 10.9 Å². The van der Waals surface area contributed by atoms with Gasteiger partial charge in [-0.2, -0.15) is 0 Å². The van der Waals surface area contributed by atoms with Gasteiger partial charge in [0.25, 0.3) is 5.91 Å². The van der Waals surface area contributed by atoms with Crippen LogP contribution in [0.4, 0.5) is 0 Å². The number of carbonyl (C=O) groups is 1. The molecule has 0 fully saturated rings. The number of aryl methyl sites for hydroxylation is 2. The molecule has 3 nitrogen and oxygen atoms in total. The highest BCUT2D eigenvalue weighted by atomic mass is 16.5. The van der Waals surface area contributed by atoms with Crippen molar-refractivity contribution in [3.63, 3.8) is 0 Å². The van der Waals surface area contributed by atoms with Crippen LogP contribution in [0.15, 0.2) is 60.7 Å². The maximum Gasteiger partial charge on any atom is 0.258 e. The van der Waals surface area contributed by atoms with Crippen LogP contribution in [0.5, 0.6) is 5.75 Å². The van der Waals surface area contributed by atoms with Gasteiger partial charge in [0.2, 0.25) is 0 Å². The number of ether oxygens (including phenoxy) is 1. The summed E-state index contributed by atoms with van der Waals surface area (Å²) in [4.78, 5) is 12.0. The van der Waals surface area contributed by atoms with Crippen molar-refractivity contribution in [1.29, 1.82) is 0 Å². The molecule has 3 rings (SSSR count). The monoisotopic (exact) mass is 319 g/mol. The Morgan fingerprint density at radius 3 is 2.58 bits per heavy atom. The van der Waals surface area contributed by atoms with Gasteiger partial charge < -0.3 is 10.1 Å². The van der Waals surface area contributed by atoms with Crippen LogP contribution < -0.4 is 10.1 Å². The Balaban J connectivity index is 1.58. The molecular weight excluding hydrogens is 298 g/mol. The molecule has 0 aromatic heterocycles. The minimum absolute atomic E-state index is 0.0211. The van der Waals surface area contributed by atoms with Crippen LogP contribution in [-0.4, -0.2) is 12.5 Å². The Morgan fingerprint density at radius 2 is 1.75 bits per heavy atom. The van der Waals surface area contributed by atoms with E-state index in [9.17, 15) is 4.79 Å². The number of amides is 1. The molecule has 0 aliphatic rings. The summed E-state index contributed by atoms with van der Waals surface area (Å²) in [5, 5.41) is 5.26. The van der Waals surface area contributed by atoms with Gasteiger partial charge in [-0.3, -0.25) is 4.79 Å². The number of benzene rings is 3. The first-order valence-electron chi connectivity index (χ1n) is 8.07. The maximum absolute atomic E-state index is 12.0. The van der Waals surface area contributed by atoms with Crippen molar-refractivity contribution in [3.8, 4) is 5.75 Å². The molecule has 3 aromatic rings. The SMILES string of the molecule is Cc1ccc(OCC(=O)NCc2cccc3ccccc23)cc1C. The molecule has 24 heavy (non-hydrogen) atoms. The molecular formula is C21H21NO2. The first kappa shape index (κ1) is 16.1. The molecule has 3 heteroatoms. The third-order valence-electron chi connectivity index (χ3n) is 4.20. The number of carbonyl (C=O) groups excluding carboxylic acids is 1. The van der Waals surface area contributed by atoms with Gasteiger partial charge in [-0.25, -0.2) is 0 Å². The second kappa shape index (κ2) is 7.18. The first-order valence-corrected chi connectivity index (χ1v) is 8.07. The van der Waals surface area contributed by atoms with Gasteiger partial charge in [0.1, 0.15) is 5.75 Å². The third-order valence-corrected chi connectivity index (χ3v) is 4.20. The molecule has 1 amide bonds. The van der Waals surface area contributed by atoms with Gasteiger partial charge in [-0.15, -0.1) is 0 Å². The Hall–Kier alpha value is -2.81. The van der Waals surface area contributed by atoms with Crippen molar-refractivity contribution in [2.75, 3.05) is 6.61 Å². The van der Waals surface area contributed by atoms with Crippen molar-refractivity contribution >= 4 is 16.7 Å². The predicted octanol–water partition coefficient (Wildman–Crippen LogP) is 4.15. The summed E-state index contributed by atoms with van der Waals surface area (Å²) in [5.41, 5.74) is 3.47. The third kappa shape index (κ3) is 3.74. The maximum atomic E-state index is 12.0. The number of rotatable bonds is 5. The summed E-state index contributed by atoms with van der Waals surface area (Å²) < 4.78 is 5.57. The van der Waals surface area contributed by atoms with E-state index in [4.69, 9.17) is 4.74 Å². The standard InChI is InChI=1S/C21H21NO2/c1-15-10-11-19(12-16(15)2)24-14-21(23)22-13-18-8-5-7-17-6-3-4-9-20(17)18/h3-12H,13-14H2,1-2H3,(H,22,23). The normalized spacial score (nSPS) is 10.6. The Labute approximate surface area is 142 Å². The van der Waals surface area contributed by atoms with Crippen LogP contribution in [-0.2, 0) is 11.3 Å². The van der Waals surface area contributed by atoms with Crippen molar-refractivity contribution in [2.45, 2.75) is 20.4 Å². The summed E-state index contributed by atoms with van der Waals surface area (Å²) in [5.74, 6) is 0.597. The molecule has 0 aliphatic carbocycles. The lowest BCUT2D eigenvalue weighted by Gasteiger charge is -2.10. The molecule has 1 N–H and O–H groups in total. The van der Waals surface area contributed by atoms with Gasteiger partial charge in [-0.1, -0.05) is 48.5 Å². The van der Waals surface area contributed by atoms with E-state index in [1.54, 1.807) is 0 Å². The zero-order valence-corrected chi connectivity index (χ0v) is 14.0. The van der Waals surface area contributed by atoms with Gasteiger partial charge in [0.15, 0.2) is 6.61 Å². The summed E-state index contributed by atoms with van der Waals surface area (Å²) in [6.07, 6.45) is 0. The molecule has 3 aromatic carbocycles. The van der Waals surface area contributed by atoms with E-state index in [2.05, 4.69) is 30.4 Å². The molecule has 0 atom stereocenters. The van der Waals surface area contributed by atoms with E-state index in [0.29, 0.717) is 6.54 Å². The van der Waals surface area contributed by atoms with Crippen molar-refractivity contribution < 1.29 is 9.53 Å². The van der Waals surface area contributed by atoms with E-state index >= 15 is 0 Å². The van der Waals surface area contributed by atoms with Crippen LogP contribution in [0.1, 0.15) is 16.7 Å². The van der Waals surface area contributed by atoms with Crippen molar-refractivity contribution in [2.24, 2.45) is 0 Å². The molecule has 0 aliphatic heterocycles. The van der Waals surface area contributed by atoms with Crippen LogP contribution >= 0.6 is 0 Å². The van der Waals surface area contributed by atoms with E-state index in [1.807, 2.05) is 49.4 Å². The average molecular weight is 319 g/mol. The predicted molar refractivity (Wildman–Crippen MR) is 97.2 cm³/mol. The lowest BCUT2D eigenvalue weighted by atomic mass is 10.0. The largest absolute Gasteiger partial charge is 0.484 e. The summed E-state index contributed by atoms with van der Waals surface area (Å²) in [7, 11) is 0. The molecule has 122 valence electrons. The lowest BCUT2D eigenvalue weighted by molar-refractivity contribution is -0.123. The minimum atomic E-state index is -0.124. The summed E-state index contributed by atoms with van der Waals surface area (Å²) in [6.45, 7) is 4.60. The second-order valence-corrected chi connectivity index (χ2v) is 5.95. The number of hydrogen-bond acceptors (Lipinski definition) is 2. The molecule has 0 saturated heterocycles. The zero-order chi connectivity index (χ0) is 16.9. The zero-order valence-electron chi connectivity index (χ0n) is 14.0. The number of nitrogens with one attached hydrogen (secondary N) is 1. The first-order chi connectivity index (χ1) is 11.6. The molecule has 0 heterocycles. The fraction of sp³-hybridized carbons (Fsp3) is 0.190. The molecule has 0 radical (unpaired) electrons. The van der Waals surface area contributed by atoms with E-state index in [-0.39, 0.29) is 12.5 Å². The van der Waals surface area contributed by atoms with Gasteiger partial charge in [0, 0.05) is 6.54 Å². The average Bonchev–Trinajstić information content (AvgIpc) is 2.61. The Kier molecular flexibility index (Phi) is 4.80. The highest BCUT2D eigenvalue weighted by Gasteiger charge is 2.05. The molecule has 0 saturated carbocycles. The molecule has 0 unspecified atom stereocenters. The Bertz CT molecular complexity index is 865. The Morgan fingerprint density at radius 1 is 0.958 bits per heavy atom. The highest BCUT2D eigenvalue weighted by Crippen LogP contribution is 2.18. The smallest absolute Gasteiger partial charge is 0.258 e. The van der Waals surface area contributed by atoms with E-state index < -0.39 is 0 Å². The fourth-order valence-electron chi connectivity index (χ4n) is 2.64. The van der Waals surface area contributed by atoms with Gasteiger partial charge >= 0.3 is 0 Å². The highest BCUT2D eigenvalue weighted by molar-refractivity contribution is 5.86. The van der Waals surface area contributed by atoms with Crippen LogP contribution in [0.25, 0.3) is 10.8 Å². The second-order valence-electron chi connectivity index (χ2n) is 5.95. The van der Waals surface area contributed by atoms with Crippen molar-refractivity contribution in [1.82, 2.24) is 5.32 Å². The number of hydrogen-bond donors (Lipinski definition) is 1. The number of fused-ring (bicyclic) bond motifs is 1. The molecule has 0 spiro atoms. The lowest BCUT2D eigenvalue weighted by Crippen LogP contribution is -2.28. The topological polar surface area (TPSA) is 38.3 Å². The van der Waals surface area contributed by atoms with Crippen LogP contribution in [0.3, 0.4) is 0 Å². The van der Waals surface area contributed by atoms with Crippen LogP contribution in [0, 0.1) is 13.8 Å². The quantitative estimate of drug-likeness (QED) is 0.767. The van der Waals surface area contributed by atoms with Gasteiger partial charge in [-0.05, 0) is 53.4 Å². The fourth-order valence-corrected chi connectivity index (χ4v) is 2.64.